The van der Waals surface area contributed by atoms with E-state index in [0.717, 1.165) is 22.2 Å². The number of fused-ring (bicyclic) bond motifs is 1. The molecule has 0 aliphatic rings. The van der Waals surface area contributed by atoms with Gasteiger partial charge in [0.2, 0.25) is 5.91 Å². The molecule has 27 heavy (non-hydrogen) atoms. The summed E-state index contributed by atoms with van der Waals surface area (Å²) < 4.78 is 7.18. The Balaban J connectivity index is 1.36. The zero-order valence-electron chi connectivity index (χ0n) is 14.7. The third kappa shape index (κ3) is 3.95. The Morgan fingerprint density at radius 2 is 2.15 bits per heavy atom. The lowest BCUT2D eigenvalue weighted by atomic mass is 10.2. The molecular weight excluding hydrogens is 344 g/mol. The van der Waals surface area contributed by atoms with Crippen molar-refractivity contribution in [3.63, 3.8) is 0 Å². The van der Waals surface area contributed by atoms with Crippen LogP contribution in [0, 0.1) is 6.92 Å². The van der Waals surface area contributed by atoms with Gasteiger partial charge in [0.1, 0.15) is 24.6 Å². The quantitative estimate of drug-likeness (QED) is 0.549. The molecule has 4 rings (SSSR count). The zero-order valence-corrected chi connectivity index (χ0v) is 14.7. The number of hydrogen-bond acceptors (Lipinski definition) is 5. The fraction of sp³-hybridized carbons (Fsp3) is 0.158. The lowest BCUT2D eigenvalue weighted by Crippen LogP contribution is -2.19. The molecule has 0 bridgehead atoms. The minimum Gasteiger partial charge on any atom is -0.487 e. The summed E-state index contributed by atoms with van der Waals surface area (Å²) in [6, 6.07) is 13.4. The van der Waals surface area contributed by atoms with E-state index in [9.17, 15) is 4.79 Å². The van der Waals surface area contributed by atoms with E-state index in [1.165, 1.54) is 4.68 Å². The maximum Gasteiger partial charge on any atom is 0.246 e. The molecule has 2 heterocycles. The highest BCUT2D eigenvalue weighted by Gasteiger charge is 2.10. The number of nitrogens with zero attached hydrogens (tertiary/aromatic N) is 4. The summed E-state index contributed by atoms with van der Waals surface area (Å²) in [5.41, 5.74) is 3.25. The standard InChI is InChI=1S/C19H18N6O2/c1-13-4-2-6-16(8-13)27-12-15-10-25(24-22-15)11-18(26)21-17-7-3-5-14-9-20-23-19(14)17/h2-10H,11-12H2,1H3,(H,20,23)(H,21,26). The highest BCUT2D eigenvalue weighted by molar-refractivity contribution is 5.99. The van der Waals surface area contributed by atoms with Crippen LogP contribution in [0.3, 0.4) is 0 Å². The van der Waals surface area contributed by atoms with Crippen LogP contribution in [0.1, 0.15) is 11.3 Å². The molecule has 0 radical (unpaired) electrons. The molecule has 0 atom stereocenters. The molecule has 4 aromatic rings. The Labute approximate surface area is 155 Å². The fourth-order valence-corrected chi connectivity index (χ4v) is 2.75. The van der Waals surface area contributed by atoms with E-state index >= 15 is 0 Å². The summed E-state index contributed by atoms with van der Waals surface area (Å²) in [7, 11) is 0. The maximum absolute atomic E-state index is 12.3. The van der Waals surface area contributed by atoms with E-state index in [2.05, 4.69) is 25.8 Å². The lowest BCUT2D eigenvalue weighted by molar-refractivity contribution is -0.116. The molecule has 0 saturated carbocycles. The number of rotatable bonds is 6. The van der Waals surface area contributed by atoms with Crippen molar-refractivity contribution in [2.75, 3.05) is 5.32 Å². The van der Waals surface area contributed by atoms with E-state index in [1.807, 2.05) is 49.4 Å². The first-order valence-electron chi connectivity index (χ1n) is 8.48. The van der Waals surface area contributed by atoms with Gasteiger partial charge in [-0.2, -0.15) is 5.10 Å². The Morgan fingerprint density at radius 1 is 1.26 bits per heavy atom. The number of aryl methyl sites for hydroxylation is 1. The molecule has 8 nitrogen and oxygen atoms in total. The second-order valence-electron chi connectivity index (χ2n) is 6.20. The van der Waals surface area contributed by atoms with Gasteiger partial charge in [-0.1, -0.05) is 29.5 Å². The summed E-state index contributed by atoms with van der Waals surface area (Å²) in [5, 5.41) is 18.7. The number of ether oxygens (including phenoxy) is 1. The minimum atomic E-state index is -0.201. The molecule has 136 valence electrons. The van der Waals surface area contributed by atoms with Gasteiger partial charge in [-0.3, -0.25) is 9.89 Å². The number of para-hydroxylation sites is 1. The molecule has 2 N–H and O–H groups in total. The molecule has 1 amide bonds. The summed E-state index contributed by atoms with van der Waals surface area (Å²) in [4.78, 5) is 12.3. The number of benzene rings is 2. The van der Waals surface area contributed by atoms with Crippen LogP contribution < -0.4 is 10.1 Å². The highest BCUT2D eigenvalue weighted by atomic mass is 16.5. The summed E-state index contributed by atoms with van der Waals surface area (Å²) >= 11 is 0. The van der Waals surface area contributed by atoms with Gasteiger partial charge in [0, 0.05) is 5.39 Å². The van der Waals surface area contributed by atoms with Crippen LogP contribution in [-0.2, 0) is 17.9 Å². The molecule has 2 aromatic heterocycles. The number of aromatic nitrogens is 5. The Morgan fingerprint density at radius 3 is 3.04 bits per heavy atom. The van der Waals surface area contributed by atoms with Crippen LogP contribution in [0.2, 0.25) is 0 Å². The van der Waals surface area contributed by atoms with Crippen molar-refractivity contribution in [1.29, 1.82) is 0 Å². The predicted octanol–water partition coefficient (Wildman–Crippen LogP) is 2.68. The van der Waals surface area contributed by atoms with Crippen molar-refractivity contribution in [3.8, 4) is 5.75 Å². The first-order valence-corrected chi connectivity index (χ1v) is 8.48. The van der Waals surface area contributed by atoms with E-state index in [-0.39, 0.29) is 12.5 Å². The molecule has 0 unspecified atom stereocenters. The molecule has 0 saturated heterocycles. The number of aromatic amines is 1. The highest BCUT2D eigenvalue weighted by Crippen LogP contribution is 2.20. The first-order chi connectivity index (χ1) is 13.2. The SMILES string of the molecule is Cc1cccc(OCc2cn(CC(=O)Nc3cccc4cn[nH]c34)nn2)c1. The van der Waals surface area contributed by atoms with Gasteiger partial charge in [0.15, 0.2) is 0 Å². The third-order valence-electron chi connectivity index (χ3n) is 4.02. The normalized spacial score (nSPS) is 10.9. The average Bonchev–Trinajstić information content (AvgIpc) is 3.30. The van der Waals surface area contributed by atoms with E-state index < -0.39 is 0 Å². The van der Waals surface area contributed by atoms with Gasteiger partial charge >= 0.3 is 0 Å². The van der Waals surface area contributed by atoms with Crippen LogP contribution in [0.5, 0.6) is 5.75 Å². The molecular formula is C19H18N6O2. The zero-order chi connectivity index (χ0) is 18.6. The van der Waals surface area contributed by atoms with Crippen molar-refractivity contribution in [2.45, 2.75) is 20.1 Å². The third-order valence-corrected chi connectivity index (χ3v) is 4.02. The molecule has 0 fully saturated rings. The summed E-state index contributed by atoms with van der Waals surface area (Å²) in [6.07, 6.45) is 3.41. The van der Waals surface area contributed by atoms with Gasteiger partial charge in [0.05, 0.1) is 23.6 Å². The number of amides is 1. The largest absolute Gasteiger partial charge is 0.487 e. The lowest BCUT2D eigenvalue weighted by Gasteiger charge is -2.06. The van der Waals surface area contributed by atoms with Crippen LogP contribution >= 0.6 is 0 Å². The van der Waals surface area contributed by atoms with Gasteiger partial charge in [0.25, 0.3) is 0 Å². The molecule has 0 spiro atoms. The fourth-order valence-electron chi connectivity index (χ4n) is 2.75. The first kappa shape index (κ1) is 16.8. The number of nitrogens with one attached hydrogen (secondary N) is 2. The minimum absolute atomic E-state index is 0.0575. The summed E-state index contributed by atoms with van der Waals surface area (Å²) in [5.74, 6) is 0.572. The second kappa shape index (κ2) is 7.28. The molecule has 8 heteroatoms. The number of hydrogen-bond donors (Lipinski definition) is 2. The van der Waals surface area contributed by atoms with Crippen molar-refractivity contribution in [3.05, 3.63) is 66.1 Å². The monoisotopic (exact) mass is 362 g/mol. The topological polar surface area (TPSA) is 97.7 Å². The van der Waals surface area contributed by atoms with Crippen LogP contribution in [0.25, 0.3) is 10.9 Å². The van der Waals surface area contributed by atoms with E-state index in [0.29, 0.717) is 18.0 Å². The number of anilines is 1. The van der Waals surface area contributed by atoms with Gasteiger partial charge in [-0.25, -0.2) is 4.68 Å². The Hall–Kier alpha value is -3.68. The summed E-state index contributed by atoms with van der Waals surface area (Å²) in [6.45, 7) is 2.35. The van der Waals surface area contributed by atoms with Gasteiger partial charge in [-0.05, 0) is 30.7 Å². The molecule has 2 aromatic carbocycles. The van der Waals surface area contributed by atoms with E-state index in [1.54, 1.807) is 12.4 Å². The Bertz CT molecular complexity index is 1080. The van der Waals surface area contributed by atoms with Crippen LogP contribution in [0.4, 0.5) is 5.69 Å². The van der Waals surface area contributed by atoms with Crippen LogP contribution in [-0.4, -0.2) is 31.1 Å². The number of carbonyl (C=O) groups excluding carboxylic acids is 1. The van der Waals surface area contributed by atoms with Crippen molar-refractivity contribution < 1.29 is 9.53 Å². The van der Waals surface area contributed by atoms with Crippen molar-refractivity contribution in [1.82, 2.24) is 25.2 Å². The second-order valence-corrected chi connectivity index (χ2v) is 6.20. The van der Waals surface area contributed by atoms with Gasteiger partial charge in [-0.15, -0.1) is 5.10 Å². The van der Waals surface area contributed by atoms with Gasteiger partial charge < -0.3 is 10.1 Å². The van der Waals surface area contributed by atoms with Crippen molar-refractivity contribution in [2.24, 2.45) is 0 Å². The smallest absolute Gasteiger partial charge is 0.246 e. The number of H-pyrrole nitrogens is 1. The number of carbonyl (C=O) groups is 1. The average molecular weight is 362 g/mol. The molecule has 0 aliphatic carbocycles. The molecule has 0 aliphatic heterocycles. The van der Waals surface area contributed by atoms with E-state index in [4.69, 9.17) is 4.74 Å². The Kier molecular flexibility index (Phi) is 4.52. The predicted molar refractivity (Wildman–Crippen MR) is 100 cm³/mol. The van der Waals surface area contributed by atoms with Crippen molar-refractivity contribution >= 4 is 22.5 Å². The maximum atomic E-state index is 12.3. The van der Waals surface area contributed by atoms with Crippen LogP contribution in [0.15, 0.2) is 54.9 Å².